The standard InChI is InChI=1S/C17H27NO/c1-4-6-11-17(19)14-18(12-5-2)13-16-10-8-7-9-15(16)3/h4,7-10,17,19H,1,5-6,11-14H2,2-3H3/t17-/m0/s1. The number of allylic oxidation sites excluding steroid dienone is 1. The van der Waals surface area contributed by atoms with Crippen molar-refractivity contribution in [2.24, 2.45) is 0 Å². The minimum absolute atomic E-state index is 0.256. The van der Waals surface area contributed by atoms with Crippen molar-refractivity contribution in [3.05, 3.63) is 48.0 Å². The molecule has 0 heterocycles. The average molecular weight is 261 g/mol. The predicted molar refractivity (Wildman–Crippen MR) is 82.2 cm³/mol. The molecule has 0 saturated heterocycles. The first-order chi connectivity index (χ1) is 9.17. The summed E-state index contributed by atoms with van der Waals surface area (Å²) < 4.78 is 0. The summed E-state index contributed by atoms with van der Waals surface area (Å²) >= 11 is 0. The Bertz CT molecular complexity index is 375. The van der Waals surface area contributed by atoms with Crippen LogP contribution in [0.5, 0.6) is 0 Å². The molecular formula is C17H27NO. The third-order valence-electron chi connectivity index (χ3n) is 3.37. The summed E-state index contributed by atoms with van der Waals surface area (Å²) in [6, 6.07) is 8.48. The minimum Gasteiger partial charge on any atom is -0.392 e. The van der Waals surface area contributed by atoms with E-state index in [0.717, 1.165) is 38.9 Å². The third kappa shape index (κ3) is 6.04. The van der Waals surface area contributed by atoms with Gasteiger partial charge in [-0.15, -0.1) is 6.58 Å². The normalized spacial score (nSPS) is 12.6. The quantitative estimate of drug-likeness (QED) is 0.687. The maximum atomic E-state index is 10.0. The highest BCUT2D eigenvalue weighted by Gasteiger charge is 2.11. The number of benzene rings is 1. The molecule has 19 heavy (non-hydrogen) atoms. The Morgan fingerprint density at radius 1 is 1.37 bits per heavy atom. The van der Waals surface area contributed by atoms with E-state index in [1.54, 1.807) is 0 Å². The second-order valence-electron chi connectivity index (χ2n) is 5.18. The third-order valence-corrected chi connectivity index (χ3v) is 3.37. The van der Waals surface area contributed by atoms with E-state index < -0.39 is 0 Å². The maximum absolute atomic E-state index is 10.0. The molecule has 0 amide bonds. The molecule has 1 N–H and O–H groups in total. The van der Waals surface area contributed by atoms with Crippen LogP contribution < -0.4 is 0 Å². The van der Waals surface area contributed by atoms with Crippen LogP contribution in [0.15, 0.2) is 36.9 Å². The van der Waals surface area contributed by atoms with Crippen LogP contribution in [0.25, 0.3) is 0 Å². The van der Waals surface area contributed by atoms with Crippen LogP contribution in [0.4, 0.5) is 0 Å². The fourth-order valence-corrected chi connectivity index (χ4v) is 2.28. The van der Waals surface area contributed by atoms with Crippen LogP contribution in [0.3, 0.4) is 0 Å². The van der Waals surface area contributed by atoms with Crippen LogP contribution in [-0.4, -0.2) is 29.2 Å². The smallest absolute Gasteiger partial charge is 0.0670 e. The van der Waals surface area contributed by atoms with Crippen molar-refractivity contribution >= 4 is 0 Å². The van der Waals surface area contributed by atoms with Gasteiger partial charge in [0.2, 0.25) is 0 Å². The Hall–Kier alpha value is -1.12. The molecule has 1 rings (SSSR count). The lowest BCUT2D eigenvalue weighted by Gasteiger charge is -2.25. The molecule has 1 aromatic rings. The van der Waals surface area contributed by atoms with Crippen molar-refractivity contribution in [2.75, 3.05) is 13.1 Å². The van der Waals surface area contributed by atoms with Gasteiger partial charge in [0.25, 0.3) is 0 Å². The molecule has 0 radical (unpaired) electrons. The minimum atomic E-state index is -0.256. The van der Waals surface area contributed by atoms with Gasteiger partial charge in [-0.3, -0.25) is 4.90 Å². The van der Waals surface area contributed by atoms with Crippen molar-refractivity contribution in [3.63, 3.8) is 0 Å². The molecule has 1 atom stereocenters. The van der Waals surface area contributed by atoms with Gasteiger partial charge in [0, 0.05) is 13.1 Å². The number of rotatable bonds is 9. The second-order valence-corrected chi connectivity index (χ2v) is 5.18. The molecule has 0 aromatic heterocycles. The number of aliphatic hydroxyl groups excluding tert-OH is 1. The van der Waals surface area contributed by atoms with E-state index in [9.17, 15) is 5.11 Å². The van der Waals surface area contributed by atoms with Gasteiger partial charge in [-0.2, -0.15) is 0 Å². The molecule has 2 heteroatoms. The Labute approximate surface area is 117 Å². The van der Waals surface area contributed by atoms with Crippen molar-refractivity contribution in [3.8, 4) is 0 Å². The molecule has 1 aromatic carbocycles. The summed E-state index contributed by atoms with van der Waals surface area (Å²) in [6.45, 7) is 10.7. The molecule has 0 saturated carbocycles. The number of aryl methyl sites for hydroxylation is 1. The van der Waals surface area contributed by atoms with Crippen molar-refractivity contribution in [1.29, 1.82) is 0 Å². The highest BCUT2D eigenvalue weighted by atomic mass is 16.3. The first-order valence-electron chi connectivity index (χ1n) is 7.23. The molecule has 0 aliphatic heterocycles. The van der Waals surface area contributed by atoms with Gasteiger partial charge >= 0.3 is 0 Å². The Balaban J connectivity index is 2.57. The maximum Gasteiger partial charge on any atom is 0.0670 e. The van der Waals surface area contributed by atoms with E-state index in [0.29, 0.717) is 0 Å². The molecule has 2 nitrogen and oxygen atoms in total. The van der Waals surface area contributed by atoms with E-state index in [1.807, 2.05) is 6.08 Å². The van der Waals surface area contributed by atoms with E-state index in [2.05, 4.69) is 49.6 Å². The topological polar surface area (TPSA) is 23.5 Å². The number of nitrogens with zero attached hydrogens (tertiary/aromatic N) is 1. The van der Waals surface area contributed by atoms with Gasteiger partial charge in [0.15, 0.2) is 0 Å². The van der Waals surface area contributed by atoms with E-state index in [4.69, 9.17) is 0 Å². The molecule has 0 fully saturated rings. The molecule has 0 unspecified atom stereocenters. The molecule has 0 spiro atoms. The monoisotopic (exact) mass is 261 g/mol. The van der Waals surface area contributed by atoms with Crippen LogP contribution in [0, 0.1) is 6.92 Å². The summed E-state index contributed by atoms with van der Waals surface area (Å²) in [5.41, 5.74) is 2.68. The Morgan fingerprint density at radius 2 is 2.11 bits per heavy atom. The van der Waals surface area contributed by atoms with Gasteiger partial charge in [0.05, 0.1) is 6.10 Å². The van der Waals surface area contributed by atoms with E-state index in [-0.39, 0.29) is 6.10 Å². The number of hydrogen-bond acceptors (Lipinski definition) is 2. The fraction of sp³-hybridized carbons (Fsp3) is 0.529. The Morgan fingerprint density at radius 3 is 2.74 bits per heavy atom. The van der Waals surface area contributed by atoms with Crippen molar-refractivity contribution in [2.45, 2.75) is 45.8 Å². The SMILES string of the molecule is C=CCC[C@H](O)CN(CCC)Cc1ccccc1C. The largest absolute Gasteiger partial charge is 0.392 e. The van der Waals surface area contributed by atoms with Crippen LogP contribution in [0.1, 0.15) is 37.3 Å². The lowest BCUT2D eigenvalue weighted by atomic mass is 10.1. The van der Waals surface area contributed by atoms with Gasteiger partial charge in [-0.05, 0) is 43.9 Å². The Kier molecular flexibility index (Phi) is 7.46. The van der Waals surface area contributed by atoms with Crippen LogP contribution in [-0.2, 0) is 6.54 Å². The molecule has 106 valence electrons. The lowest BCUT2D eigenvalue weighted by molar-refractivity contribution is 0.102. The summed E-state index contributed by atoms with van der Waals surface area (Å²) in [7, 11) is 0. The lowest BCUT2D eigenvalue weighted by Crippen LogP contribution is -2.32. The average Bonchev–Trinajstić information content (AvgIpc) is 2.39. The van der Waals surface area contributed by atoms with Crippen LogP contribution >= 0.6 is 0 Å². The van der Waals surface area contributed by atoms with E-state index >= 15 is 0 Å². The number of hydrogen-bond donors (Lipinski definition) is 1. The van der Waals surface area contributed by atoms with Crippen molar-refractivity contribution < 1.29 is 5.11 Å². The van der Waals surface area contributed by atoms with Gasteiger partial charge < -0.3 is 5.11 Å². The molecule has 0 aliphatic rings. The molecule has 0 bridgehead atoms. The molecule has 0 aliphatic carbocycles. The second kappa shape index (κ2) is 8.89. The van der Waals surface area contributed by atoms with Gasteiger partial charge in [-0.1, -0.05) is 37.3 Å². The summed E-state index contributed by atoms with van der Waals surface area (Å²) in [5, 5.41) is 10.0. The van der Waals surface area contributed by atoms with Crippen molar-refractivity contribution in [1.82, 2.24) is 4.90 Å². The zero-order valence-corrected chi connectivity index (χ0v) is 12.3. The van der Waals surface area contributed by atoms with E-state index in [1.165, 1.54) is 11.1 Å². The summed E-state index contributed by atoms with van der Waals surface area (Å²) in [4.78, 5) is 2.34. The predicted octanol–water partition coefficient (Wildman–Crippen LogP) is 3.53. The van der Waals surface area contributed by atoms with Gasteiger partial charge in [-0.25, -0.2) is 0 Å². The first-order valence-corrected chi connectivity index (χ1v) is 7.23. The van der Waals surface area contributed by atoms with Gasteiger partial charge in [0.1, 0.15) is 0 Å². The summed E-state index contributed by atoms with van der Waals surface area (Å²) in [5.74, 6) is 0. The van der Waals surface area contributed by atoms with Crippen LogP contribution in [0.2, 0.25) is 0 Å². The zero-order chi connectivity index (χ0) is 14.1. The first kappa shape index (κ1) is 15.9. The highest BCUT2D eigenvalue weighted by molar-refractivity contribution is 5.25. The fourth-order valence-electron chi connectivity index (χ4n) is 2.28. The molecular weight excluding hydrogens is 234 g/mol. The number of aliphatic hydroxyl groups is 1. The summed E-state index contributed by atoms with van der Waals surface area (Å²) in [6.07, 6.45) is 4.41. The highest BCUT2D eigenvalue weighted by Crippen LogP contribution is 2.12. The zero-order valence-electron chi connectivity index (χ0n) is 12.3.